The van der Waals surface area contributed by atoms with E-state index in [1.165, 1.54) is 42.5 Å². The molecule has 0 spiro atoms. The van der Waals surface area contributed by atoms with E-state index in [0.29, 0.717) is 5.56 Å². The highest BCUT2D eigenvalue weighted by Gasteiger charge is 2.37. The Bertz CT molecular complexity index is 891. The predicted molar refractivity (Wildman–Crippen MR) is 115 cm³/mol. The van der Waals surface area contributed by atoms with Crippen LogP contribution in [0.5, 0.6) is 0 Å². The molecule has 4 rings (SSSR count). The molecule has 0 heterocycles. The molecule has 0 atom stereocenters. The van der Waals surface area contributed by atoms with Crippen molar-refractivity contribution in [3.63, 3.8) is 0 Å². The van der Waals surface area contributed by atoms with Crippen molar-refractivity contribution in [2.75, 3.05) is 11.4 Å². The number of anilines is 2. The van der Waals surface area contributed by atoms with Crippen LogP contribution in [0.15, 0.2) is 42.5 Å². The number of hydrogen-bond acceptors (Lipinski definition) is 2. The molecular weight excluding hydrogens is 346 g/mol. The number of benzene rings is 2. The van der Waals surface area contributed by atoms with Crippen LogP contribution in [0.25, 0.3) is 0 Å². The van der Waals surface area contributed by atoms with Crippen molar-refractivity contribution in [1.29, 1.82) is 0 Å². The Balaban J connectivity index is 1.76. The van der Waals surface area contributed by atoms with Crippen LogP contribution in [0.2, 0.25) is 0 Å². The van der Waals surface area contributed by atoms with Crippen LogP contribution < -0.4 is 4.90 Å². The van der Waals surface area contributed by atoms with Crippen LogP contribution in [0.4, 0.5) is 11.4 Å². The molecule has 0 unspecified atom stereocenters. The highest BCUT2D eigenvalue weighted by atomic mass is 16.4. The third kappa shape index (κ3) is 3.55. The number of aromatic carboxylic acids is 1. The first kappa shape index (κ1) is 19.0. The molecular formula is C25H31NO2. The number of carboxylic acids is 1. The lowest BCUT2D eigenvalue weighted by atomic mass is 9.63. The maximum atomic E-state index is 11.2. The minimum Gasteiger partial charge on any atom is -0.478 e. The van der Waals surface area contributed by atoms with Gasteiger partial charge in [0.1, 0.15) is 0 Å². The molecule has 3 heteroatoms. The Morgan fingerprint density at radius 2 is 1.50 bits per heavy atom. The van der Waals surface area contributed by atoms with E-state index < -0.39 is 5.97 Å². The summed E-state index contributed by atoms with van der Waals surface area (Å²) in [6.07, 6.45) is 4.99. The van der Waals surface area contributed by atoms with Gasteiger partial charge in [-0.1, -0.05) is 33.8 Å². The molecule has 1 fully saturated rings. The van der Waals surface area contributed by atoms with Gasteiger partial charge in [-0.2, -0.15) is 0 Å². The van der Waals surface area contributed by atoms with Gasteiger partial charge < -0.3 is 10.0 Å². The average molecular weight is 378 g/mol. The minimum atomic E-state index is -0.877. The van der Waals surface area contributed by atoms with Crippen molar-refractivity contribution in [2.24, 2.45) is 5.92 Å². The summed E-state index contributed by atoms with van der Waals surface area (Å²) in [6, 6.07) is 14.3. The SMILES string of the molecule is CC1(C)CCC(C)(C)c2cc(N(CC3CC3)c3ccc(C(=O)O)cc3)ccc21. The van der Waals surface area contributed by atoms with Gasteiger partial charge in [-0.15, -0.1) is 0 Å². The second-order valence-electron chi connectivity index (χ2n) is 9.90. The van der Waals surface area contributed by atoms with Gasteiger partial charge in [-0.3, -0.25) is 0 Å². The molecule has 2 aliphatic rings. The van der Waals surface area contributed by atoms with Crippen molar-refractivity contribution in [3.8, 4) is 0 Å². The fourth-order valence-corrected chi connectivity index (χ4v) is 4.45. The van der Waals surface area contributed by atoms with E-state index in [9.17, 15) is 9.90 Å². The van der Waals surface area contributed by atoms with E-state index in [0.717, 1.165) is 18.2 Å². The van der Waals surface area contributed by atoms with Crippen LogP contribution in [0.1, 0.15) is 74.9 Å². The quantitative estimate of drug-likeness (QED) is 0.666. The first-order valence-electron chi connectivity index (χ1n) is 10.4. The van der Waals surface area contributed by atoms with E-state index in [-0.39, 0.29) is 10.8 Å². The van der Waals surface area contributed by atoms with Crippen LogP contribution in [-0.4, -0.2) is 17.6 Å². The second-order valence-corrected chi connectivity index (χ2v) is 9.90. The molecule has 3 nitrogen and oxygen atoms in total. The molecule has 0 bridgehead atoms. The molecule has 148 valence electrons. The summed E-state index contributed by atoms with van der Waals surface area (Å²) in [7, 11) is 0. The Morgan fingerprint density at radius 1 is 0.929 bits per heavy atom. The first-order chi connectivity index (χ1) is 13.2. The zero-order valence-corrected chi connectivity index (χ0v) is 17.5. The summed E-state index contributed by atoms with van der Waals surface area (Å²) < 4.78 is 0. The molecule has 0 radical (unpaired) electrons. The number of carbonyl (C=O) groups is 1. The van der Waals surface area contributed by atoms with Gasteiger partial charge >= 0.3 is 5.97 Å². The number of fused-ring (bicyclic) bond motifs is 1. The molecule has 0 saturated heterocycles. The van der Waals surface area contributed by atoms with Gasteiger partial charge in [0.2, 0.25) is 0 Å². The highest BCUT2D eigenvalue weighted by Crippen LogP contribution is 2.47. The molecule has 0 aromatic heterocycles. The number of nitrogens with zero attached hydrogens (tertiary/aromatic N) is 1. The van der Waals surface area contributed by atoms with Crippen molar-refractivity contribution in [3.05, 3.63) is 59.2 Å². The van der Waals surface area contributed by atoms with E-state index in [4.69, 9.17) is 0 Å². The van der Waals surface area contributed by atoms with Crippen LogP contribution in [0.3, 0.4) is 0 Å². The van der Waals surface area contributed by atoms with E-state index in [2.05, 4.69) is 50.8 Å². The van der Waals surface area contributed by atoms with E-state index in [1.807, 2.05) is 12.1 Å². The monoisotopic (exact) mass is 377 g/mol. The van der Waals surface area contributed by atoms with Crippen LogP contribution in [0, 0.1) is 5.92 Å². The third-order valence-electron chi connectivity index (χ3n) is 6.71. The van der Waals surface area contributed by atoms with Gasteiger partial charge in [-0.25, -0.2) is 4.79 Å². The minimum absolute atomic E-state index is 0.180. The lowest BCUT2D eigenvalue weighted by Crippen LogP contribution is -2.34. The van der Waals surface area contributed by atoms with Crippen LogP contribution in [-0.2, 0) is 10.8 Å². The molecule has 2 aromatic rings. The standard InChI is InChI=1S/C25H31NO2/c1-24(2)13-14-25(3,4)22-15-20(11-12-21(22)24)26(16-17-5-6-17)19-9-7-18(8-10-19)23(27)28/h7-12,15,17H,5-6,13-14,16H2,1-4H3,(H,27,28). The normalized spacial score (nSPS) is 19.7. The first-order valence-corrected chi connectivity index (χ1v) is 10.4. The number of carboxylic acid groups (broad SMARTS) is 1. The Kier molecular flexibility index (Phi) is 4.52. The Hall–Kier alpha value is -2.29. The average Bonchev–Trinajstić information content (AvgIpc) is 3.48. The van der Waals surface area contributed by atoms with E-state index in [1.54, 1.807) is 12.1 Å². The topological polar surface area (TPSA) is 40.5 Å². The van der Waals surface area contributed by atoms with Crippen molar-refractivity contribution < 1.29 is 9.90 Å². The van der Waals surface area contributed by atoms with Crippen molar-refractivity contribution >= 4 is 17.3 Å². The molecule has 2 aromatic carbocycles. The molecule has 28 heavy (non-hydrogen) atoms. The van der Waals surface area contributed by atoms with Gasteiger partial charge in [0, 0.05) is 17.9 Å². The second kappa shape index (κ2) is 6.65. The summed E-state index contributed by atoms with van der Waals surface area (Å²) in [5.41, 5.74) is 5.96. The van der Waals surface area contributed by atoms with E-state index >= 15 is 0 Å². The van der Waals surface area contributed by atoms with Gasteiger partial charge in [0.25, 0.3) is 0 Å². The molecule has 0 aliphatic heterocycles. The fraction of sp³-hybridized carbons (Fsp3) is 0.480. The fourth-order valence-electron chi connectivity index (χ4n) is 4.45. The zero-order valence-electron chi connectivity index (χ0n) is 17.5. The Labute approximate surface area is 168 Å². The molecule has 1 N–H and O–H groups in total. The molecule has 0 amide bonds. The summed E-state index contributed by atoms with van der Waals surface area (Å²) >= 11 is 0. The van der Waals surface area contributed by atoms with Crippen LogP contribution >= 0.6 is 0 Å². The van der Waals surface area contributed by atoms with Gasteiger partial charge in [-0.05, 0) is 90.0 Å². The zero-order chi connectivity index (χ0) is 20.1. The van der Waals surface area contributed by atoms with Gasteiger partial charge in [0.15, 0.2) is 0 Å². The maximum absolute atomic E-state index is 11.2. The maximum Gasteiger partial charge on any atom is 0.335 e. The summed E-state index contributed by atoms with van der Waals surface area (Å²) in [6.45, 7) is 10.4. The Morgan fingerprint density at radius 3 is 2.07 bits per heavy atom. The third-order valence-corrected chi connectivity index (χ3v) is 6.71. The number of hydrogen-bond donors (Lipinski definition) is 1. The largest absolute Gasteiger partial charge is 0.478 e. The lowest BCUT2D eigenvalue weighted by molar-refractivity contribution is 0.0697. The predicted octanol–water partition coefficient (Wildman–Crippen LogP) is 6.28. The smallest absolute Gasteiger partial charge is 0.335 e. The van der Waals surface area contributed by atoms with Crippen molar-refractivity contribution in [2.45, 2.75) is 64.2 Å². The summed E-state index contributed by atoms with van der Waals surface area (Å²) in [5, 5.41) is 9.21. The van der Waals surface area contributed by atoms with Gasteiger partial charge in [0.05, 0.1) is 5.56 Å². The number of rotatable bonds is 5. The summed E-state index contributed by atoms with van der Waals surface area (Å²) in [4.78, 5) is 13.6. The summed E-state index contributed by atoms with van der Waals surface area (Å²) in [5.74, 6) is -0.141. The van der Waals surface area contributed by atoms with Crippen molar-refractivity contribution in [1.82, 2.24) is 0 Å². The highest BCUT2D eigenvalue weighted by molar-refractivity contribution is 5.88. The molecule has 1 saturated carbocycles. The molecule has 2 aliphatic carbocycles. The lowest BCUT2D eigenvalue weighted by Gasteiger charge is -2.42.